The third-order valence-electron chi connectivity index (χ3n) is 9.75. The molecule has 3 aliphatic rings. The normalized spacial score (nSPS) is 19.5. The number of nitrogens with zero attached hydrogens (tertiary/aromatic N) is 2. The van der Waals surface area contributed by atoms with Gasteiger partial charge in [0.25, 0.3) is 0 Å². The summed E-state index contributed by atoms with van der Waals surface area (Å²) in [4.78, 5) is 70.5. The van der Waals surface area contributed by atoms with Gasteiger partial charge in [-0.1, -0.05) is 74.5 Å². The quantitative estimate of drug-likeness (QED) is 0.128. The molecule has 0 aliphatic carbocycles. The first kappa shape index (κ1) is 38.7. The lowest BCUT2D eigenvalue weighted by atomic mass is 9.86. The van der Waals surface area contributed by atoms with E-state index in [9.17, 15) is 24.0 Å². The topological polar surface area (TPSA) is 194 Å². The molecule has 4 amide bonds. The number of piperidine rings is 1. The molecule has 50 heavy (non-hydrogen) atoms. The molecule has 3 saturated heterocycles. The molecule has 2 aromatic rings. The van der Waals surface area contributed by atoms with E-state index >= 15 is 0 Å². The summed E-state index contributed by atoms with van der Waals surface area (Å²) < 4.78 is 0. The van der Waals surface area contributed by atoms with Gasteiger partial charge in [0.1, 0.15) is 6.04 Å². The highest BCUT2D eigenvalue weighted by molar-refractivity contribution is 5.95. The Hall–Kier alpha value is -4.13. The van der Waals surface area contributed by atoms with Crippen LogP contribution in [0.5, 0.6) is 0 Å². The number of rotatable bonds is 20. The van der Waals surface area contributed by atoms with E-state index in [-0.39, 0.29) is 55.0 Å². The average Bonchev–Trinajstić information content (AvgIpc) is 3.09. The van der Waals surface area contributed by atoms with Gasteiger partial charge in [-0.25, -0.2) is 0 Å². The molecular formula is C38H55N7O5. The maximum Gasteiger partial charge on any atom is 0.245 e. The van der Waals surface area contributed by atoms with Crippen molar-refractivity contribution in [3.63, 3.8) is 0 Å². The van der Waals surface area contributed by atoms with Crippen LogP contribution in [0.3, 0.4) is 0 Å². The molecule has 5 rings (SSSR count). The Bertz CT molecular complexity index is 1430. The van der Waals surface area contributed by atoms with Crippen LogP contribution in [0.2, 0.25) is 0 Å². The van der Waals surface area contributed by atoms with E-state index in [0.717, 1.165) is 17.5 Å². The molecule has 3 fully saturated rings. The number of nitrogens with one attached hydrogen (secondary N) is 2. The highest BCUT2D eigenvalue weighted by Crippen LogP contribution is 2.32. The second kappa shape index (κ2) is 18.7. The van der Waals surface area contributed by atoms with E-state index in [1.807, 2.05) is 79.4 Å². The zero-order valence-corrected chi connectivity index (χ0v) is 29.5. The maximum atomic E-state index is 14.0. The van der Waals surface area contributed by atoms with Gasteiger partial charge in [-0.15, -0.1) is 0 Å². The van der Waals surface area contributed by atoms with Crippen molar-refractivity contribution in [3.8, 4) is 0 Å². The summed E-state index contributed by atoms with van der Waals surface area (Å²) >= 11 is 0. The zero-order chi connectivity index (χ0) is 36.2. The fourth-order valence-electron chi connectivity index (χ4n) is 7.14. The van der Waals surface area contributed by atoms with Crippen molar-refractivity contribution in [2.24, 2.45) is 29.0 Å². The molecule has 6 atom stereocenters. The number of hydrogen-bond acceptors (Lipinski definition) is 8. The number of hydrogen-bond donors (Lipinski definition) is 5. The van der Waals surface area contributed by atoms with Crippen molar-refractivity contribution in [2.75, 3.05) is 26.2 Å². The van der Waals surface area contributed by atoms with E-state index in [0.29, 0.717) is 51.7 Å². The first-order valence-corrected chi connectivity index (χ1v) is 17.9. The Labute approximate surface area is 295 Å². The van der Waals surface area contributed by atoms with Crippen LogP contribution in [-0.4, -0.2) is 95.6 Å². The van der Waals surface area contributed by atoms with Gasteiger partial charge < -0.3 is 32.7 Å². The average molecular weight is 690 g/mol. The molecular weight excluding hydrogens is 634 g/mol. The van der Waals surface area contributed by atoms with E-state index in [4.69, 9.17) is 17.2 Å². The summed E-state index contributed by atoms with van der Waals surface area (Å²) in [6, 6.07) is 16.5. The second-order valence-corrected chi connectivity index (χ2v) is 14.3. The number of primary amides is 1. The SMILES string of the molecule is CC(C)CC(CC(=O)C(Cc1ccccc1)NC(=O)C(N)Cc1ccccc1)C(=O)NC(CCCCN)C(=O)N1CC2CC(C1)N2CC(N)=O. The predicted octanol–water partition coefficient (Wildman–Crippen LogP) is 1.29. The molecule has 2 aromatic carbocycles. The molecule has 6 unspecified atom stereocenters. The second-order valence-electron chi connectivity index (χ2n) is 14.3. The largest absolute Gasteiger partial charge is 0.369 e. The molecule has 0 radical (unpaired) electrons. The Morgan fingerprint density at radius 3 is 1.96 bits per heavy atom. The van der Waals surface area contributed by atoms with Crippen LogP contribution in [0.25, 0.3) is 0 Å². The Kier molecular flexibility index (Phi) is 14.5. The highest BCUT2D eigenvalue weighted by atomic mass is 16.2. The van der Waals surface area contributed by atoms with Gasteiger partial charge in [0.2, 0.25) is 23.6 Å². The Morgan fingerprint density at radius 2 is 1.40 bits per heavy atom. The summed E-state index contributed by atoms with van der Waals surface area (Å²) in [5.41, 5.74) is 19.2. The van der Waals surface area contributed by atoms with E-state index in [2.05, 4.69) is 10.6 Å². The van der Waals surface area contributed by atoms with Crippen LogP contribution >= 0.6 is 0 Å². The molecule has 8 N–H and O–H groups in total. The molecule has 0 aromatic heterocycles. The highest BCUT2D eigenvalue weighted by Gasteiger charge is 2.47. The Balaban J connectivity index is 1.46. The lowest BCUT2D eigenvalue weighted by Gasteiger charge is -2.56. The van der Waals surface area contributed by atoms with Crippen molar-refractivity contribution in [1.82, 2.24) is 20.4 Å². The smallest absolute Gasteiger partial charge is 0.245 e. The fraction of sp³-hybridized carbons (Fsp3) is 0.553. The van der Waals surface area contributed by atoms with Gasteiger partial charge >= 0.3 is 0 Å². The number of piperazine rings is 1. The first-order valence-electron chi connectivity index (χ1n) is 17.9. The number of nitrogens with two attached hydrogens (primary N) is 3. The predicted molar refractivity (Wildman–Crippen MR) is 192 cm³/mol. The standard InChI is InChI=1S/C38H55N7O5/c1-25(2)17-28(36(48)42-32(15-9-10-16-39)38(50)44-22-29-21-30(23-44)45(29)24-35(41)47)20-34(46)33(19-27-13-7-4-8-14-27)43-37(49)31(40)18-26-11-5-3-6-12-26/h3-8,11-14,25,28-33H,9-10,15-24,39-40H2,1-2H3,(H2,41,47)(H,42,48)(H,43,49). The van der Waals surface area contributed by atoms with Crippen molar-refractivity contribution >= 4 is 29.4 Å². The summed E-state index contributed by atoms with van der Waals surface area (Å²) in [6.07, 6.45) is 3.58. The number of benzene rings is 2. The minimum absolute atomic E-state index is 0.0643. The molecule has 12 nitrogen and oxygen atoms in total. The molecule has 12 heteroatoms. The van der Waals surface area contributed by atoms with Gasteiger partial charge in [0.15, 0.2) is 5.78 Å². The van der Waals surface area contributed by atoms with Crippen LogP contribution in [-0.2, 0) is 36.8 Å². The minimum atomic E-state index is -0.889. The van der Waals surface area contributed by atoms with Crippen LogP contribution in [0, 0.1) is 11.8 Å². The fourth-order valence-corrected chi connectivity index (χ4v) is 7.14. The monoisotopic (exact) mass is 689 g/mol. The maximum absolute atomic E-state index is 14.0. The molecule has 3 heterocycles. The lowest BCUT2D eigenvalue weighted by Crippen LogP contribution is -2.71. The number of amides is 4. The summed E-state index contributed by atoms with van der Waals surface area (Å²) in [7, 11) is 0. The summed E-state index contributed by atoms with van der Waals surface area (Å²) in [6.45, 7) is 5.54. The summed E-state index contributed by atoms with van der Waals surface area (Å²) in [5.74, 6) is -2.24. The lowest BCUT2D eigenvalue weighted by molar-refractivity contribution is -0.149. The number of carbonyl (C=O) groups excluding carboxylic acids is 5. The van der Waals surface area contributed by atoms with Gasteiger partial charge in [-0.05, 0) is 68.5 Å². The Morgan fingerprint density at radius 1 is 0.820 bits per heavy atom. The zero-order valence-electron chi connectivity index (χ0n) is 29.5. The molecule has 2 bridgehead atoms. The summed E-state index contributed by atoms with van der Waals surface area (Å²) in [5, 5.41) is 5.91. The van der Waals surface area contributed by atoms with Gasteiger partial charge in [0.05, 0.1) is 18.6 Å². The number of Topliss-reactive ketones (excluding diaryl/α,β-unsaturated/α-hetero) is 1. The van der Waals surface area contributed by atoms with Crippen molar-refractivity contribution in [2.45, 2.75) is 95.4 Å². The van der Waals surface area contributed by atoms with Crippen LogP contribution in [0.1, 0.15) is 63.5 Å². The van der Waals surface area contributed by atoms with Crippen molar-refractivity contribution in [1.29, 1.82) is 0 Å². The third kappa shape index (κ3) is 11.2. The molecule has 0 saturated carbocycles. The van der Waals surface area contributed by atoms with Crippen LogP contribution < -0.4 is 27.8 Å². The number of fused-ring (bicyclic) bond motifs is 2. The van der Waals surface area contributed by atoms with Crippen molar-refractivity contribution < 1.29 is 24.0 Å². The van der Waals surface area contributed by atoms with Crippen LogP contribution in [0.4, 0.5) is 0 Å². The first-order chi connectivity index (χ1) is 23.9. The molecule has 3 aliphatic heterocycles. The number of carbonyl (C=O) groups is 5. The third-order valence-corrected chi connectivity index (χ3v) is 9.75. The van der Waals surface area contributed by atoms with Gasteiger partial charge in [0, 0.05) is 37.5 Å². The van der Waals surface area contributed by atoms with Gasteiger partial charge in [-0.2, -0.15) is 0 Å². The van der Waals surface area contributed by atoms with Crippen LogP contribution in [0.15, 0.2) is 60.7 Å². The van der Waals surface area contributed by atoms with Gasteiger partial charge in [-0.3, -0.25) is 28.9 Å². The molecule has 0 spiro atoms. The number of unbranched alkanes of at least 4 members (excludes halogenated alkanes) is 1. The van der Waals surface area contributed by atoms with Crippen molar-refractivity contribution in [3.05, 3.63) is 71.8 Å². The number of ketones is 1. The van der Waals surface area contributed by atoms with E-state index < -0.39 is 35.9 Å². The van der Waals surface area contributed by atoms with E-state index in [1.54, 1.807) is 4.90 Å². The van der Waals surface area contributed by atoms with E-state index in [1.165, 1.54) is 0 Å². The molecule has 272 valence electrons. The minimum Gasteiger partial charge on any atom is -0.369 e.